The zero-order chi connectivity index (χ0) is 24.7. The van der Waals surface area contributed by atoms with Crippen molar-refractivity contribution in [3.05, 3.63) is 11.6 Å². The second kappa shape index (κ2) is 11.0. The summed E-state index contributed by atoms with van der Waals surface area (Å²) in [4.78, 5) is 84.5. The minimum Gasteiger partial charge on any atom is -0.462 e. The number of rotatable bonds is 8. The summed E-state index contributed by atoms with van der Waals surface area (Å²) in [7, 11) is 2.27. The van der Waals surface area contributed by atoms with Crippen molar-refractivity contribution in [1.82, 2.24) is 9.80 Å². The second-order valence-corrected chi connectivity index (χ2v) is 6.69. The molecule has 0 aromatic carbocycles. The lowest BCUT2D eigenvalue weighted by atomic mass is 10.0. The van der Waals surface area contributed by atoms with E-state index >= 15 is 0 Å². The van der Waals surface area contributed by atoms with E-state index in [1.165, 1.54) is 0 Å². The number of esters is 4. The highest BCUT2D eigenvalue weighted by molar-refractivity contribution is 6.28. The number of ether oxygens (including phenoxy) is 4. The zero-order valence-corrected chi connectivity index (χ0v) is 18.4. The summed E-state index contributed by atoms with van der Waals surface area (Å²) in [5.74, 6) is -5.38. The Morgan fingerprint density at radius 3 is 1.66 bits per heavy atom. The summed E-state index contributed by atoms with van der Waals surface area (Å²) in [6.45, 7) is 3.55. The first-order valence-corrected chi connectivity index (χ1v) is 9.23. The molecule has 1 aliphatic heterocycles. The molecule has 1 rings (SSSR count). The van der Waals surface area contributed by atoms with Crippen LogP contribution in [0.2, 0.25) is 0 Å². The van der Waals surface area contributed by atoms with Gasteiger partial charge in [0.05, 0.1) is 0 Å². The topological polar surface area (TPSA) is 163 Å². The molecule has 0 unspecified atom stereocenters. The van der Waals surface area contributed by atoms with Gasteiger partial charge in [0.25, 0.3) is 11.8 Å². The van der Waals surface area contributed by atoms with Crippen molar-refractivity contribution >= 4 is 41.7 Å². The highest BCUT2D eigenvalue weighted by Crippen LogP contribution is 2.21. The highest BCUT2D eigenvalue weighted by Gasteiger charge is 2.42. The van der Waals surface area contributed by atoms with Crippen LogP contribution in [0.5, 0.6) is 0 Å². The van der Waals surface area contributed by atoms with Crippen molar-refractivity contribution in [2.75, 3.05) is 20.7 Å². The van der Waals surface area contributed by atoms with Crippen molar-refractivity contribution < 1.29 is 52.5 Å². The van der Waals surface area contributed by atoms with Crippen molar-refractivity contribution in [1.29, 1.82) is 0 Å². The number of barbiturate groups is 1. The third kappa shape index (κ3) is 6.89. The molecule has 176 valence electrons. The largest absolute Gasteiger partial charge is 0.462 e. The van der Waals surface area contributed by atoms with E-state index in [2.05, 4.69) is 0 Å². The van der Waals surface area contributed by atoms with Crippen LogP contribution in [0.1, 0.15) is 27.7 Å². The lowest BCUT2D eigenvalue weighted by Gasteiger charge is -2.32. The summed E-state index contributed by atoms with van der Waals surface area (Å²) in [5.41, 5.74) is -0.563. The third-order valence-corrected chi connectivity index (χ3v) is 4.04. The molecule has 1 aliphatic rings. The van der Waals surface area contributed by atoms with Gasteiger partial charge in [0.15, 0.2) is 18.3 Å². The molecule has 4 amide bonds. The molecule has 13 nitrogen and oxygen atoms in total. The molecule has 1 heterocycles. The molecule has 0 saturated carbocycles. The summed E-state index contributed by atoms with van der Waals surface area (Å²) >= 11 is 0. The molecule has 0 bridgehead atoms. The highest BCUT2D eigenvalue weighted by atomic mass is 16.6. The van der Waals surface area contributed by atoms with Gasteiger partial charge in [-0.1, -0.05) is 0 Å². The molecule has 0 radical (unpaired) electrons. The number of carbonyl (C=O) groups excluding carboxylic acids is 7. The van der Waals surface area contributed by atoms with Gasteiger partial charge in [-0.05, 0) is 6.08 Å². The van der Waals surface area contributed by atoms with E-state index in [9.17, 15) is 33.6 Å². The van der Waals surface area contributed by atoms with E-state index in [1.807, 2.05) is 0 Å². The first-order valence-electron chi connectivity index (χ1n) is 9.23. The van der Waals surface area contributed by atoms with Crippen LogP contribution in [0.3, 0.4) is 0 Å². The summed E-state index contributed by atoms with van der Waals surface area (Å²) < 4.78 is 20.2. The molecule has 0 aromatic heterocycles. The van der Waals surface area contributed by atoms with Crippen molar-refractivity contribution in [3.8, 4) is 0 Å². The molecule has 3 atom stereocenters. The van der Waals surface area contributed by atoms with Gasteiger partial charge >= 0.3 is 29.9 Å². The van der Waals surface area contributed by atoms with Crippen LogP contribution >= 0.6 is 0 Å². The SMILES string of the molecule is CC(=O)OC[C@@H](OC(C)=O)[C@H](OC(C)=O)[C@H](C=C1C(=O)N(C)C(=O)N(C)C1=O)OC(C)=O. The number of amides is 4. The minimum atomic E-state index is -1.63. The number of imide groups is 2. The van der Waals surface area contributed by atoms with E-state index < -0.39 is 72.2 Å². The molecule has 32 heavy (non-hydrogen) atoms. The van der Waals surface area contributed by atoms with E-state index in [0.717, 1.165) is 47.9 Å². The van der Waals surface area contributed by atoms with E-state index in [4.69, 9.17) is 18.9 Å². The maximum absolute atomic E-state index is 12.5. The summed E-state index contributed by atoms with van der Waals surface area (Å²) in [5, 5.41) is 0. The van der Waals surface area contributed by atoms with E-state index in [1.54, 1.807) is 0 Å². The van der Waals surface area contributed by atoms with Crippen LogP contribution < -0.4 is 0 Å². The van der Waals surface area contributed by atoms with Crippen LogP contribution in [-0.2, 0) is 47.7 Å². The quantitative estimate of drug-likeness (QED) is 0.197. The third-order valence-electron chi connectivity index (χ3n) is 4.04. The molecule has 13 heteroatoms. The monoisotopic (exact) mass is 456 g/mol. The van der Waals surface area contributed by atoms with Crippen LogP contribution in [0.15, 0.2) is 11.6 Å². The number of hydrogen-bond donors (Lipinski definition) is 0. The normalized spacial score (nSPS) is 16.7. The first-order chi connectivity index (χ1) is 14.8. The Morgan fingerprint density at radius 1 is 0.781 bits per heavy atom. The van der Waals surface area contributed by atoms with Crippen LogP contribution in [-0.4, -0.2) is 90.5 Å². The maximum atomic E-state index is 12.5. The summed E-state index contributed by atoms with van der Waals surface area (Å²) in [6.07, 6.45) is -3.83. The van der Waals surface area contributed by atoms with Gasteiger partial charge in [0.1, 0.15) is 12.2 Å². The van der Waals surface area contributed by atoms with Gasteiger partial charge in [0.2, 0.25) is 0 Å². The van der Waals surface area contributed by atoms with Gasteiger partial charge < -0.3 is 18.9 Å². The maximum Gasteiger partial charge on any atom is 0.333 e. The Morgan fingerprint density at radius 2 is 1.25 bits per heavy atom. The van der Waals surface area contributed by atoms with Gasteiger partial charge in [-0.3, -0.25) is 38.6 Å². The van der Waals surface area contributed by atoms with Crippen molar-refractivity contribution in [3.63, 3.8) is 0 Å². The number of carbonyl (C=O) groups is 7. The average molecular weight is 456 g/mol. The predicted octanol–water partition coefficient (Wildman–Crippen LogP) is -0.679. The standard InChI is InChI=1S/C19H24N2O11/c1-9(22)29-8-15(31-11(3)24)16(32-12(4)25)14(30-10(2)23)7-13-17(26)20(5)19(28)21(6)18(13)27/h7,14-16H,8H2,1-6H3/t14-,15+,16+/m0/s1. The van der Waals surface area contributed by atoms with Crippen molar-refractivity contribution in [2.45, 2.75) is 46.0 Å². The number of likely N-dealkylation sites (N-methyl/N-ethyl adjacent to an activating group) is 2. The van der Waals surface area contributed by atoms with Crippen LogP contribution in [0.4, 0.5) is 4.79 Å². The Balaban J connectivity index is 3.54. The molecule has 1 saturated heterocycles. The van der Waals surface area contributed by atoms with Gasteiger partial charge in [-0.2, -0.15) is 0 Å². The molecule has 0 aromatic rings. The fourth-order valence-electron chi connectivity index (χ4n) is 2.70. The fourth-order valence-corrected chi connectivity index (χ4v) is 2.70. The van der Waals surface area contributed by atoms with Crippen LogP contribution in [0, 0.1) is 0 Å². The molecule has 0 aliphatic carbocycles. The van der Waals surface area contributed by atoms with Gasteiger partial charge in [0, 0.05) is 41.8 Å². The Bertz CT molecular complexity index is 837. The number of nitrogens with zero attached hydrogens (tertiary/aromatic N) is 2. The summed E-state index contributed by atoms with van der Waals surface area (Å²) in [6, 6.07) is -0.884. The fraction of sp³-hybridized carbons (Fsp3) is 0.526. The Kier molecular flexibility index (Phi) is 9.05. The lowest BCUT2D eigenvalue weighted by Crippen LogP contribution is -2.54. The number of urea groups is 1. The lowest BCUT2D eigenvalue weighted by molar-refractivity contribution is -0.185. The van der Waals surface area contributed by atoms with Crippen molar-refractivity contribution in [2.24, 2.45) is 0 Å². The Labute approximate surface area is 183 Å². The minimum absolute atomic E-state index is 0.563. The molecule has 1 fully saturated rings. The molecular weight excluding hydrogens is 432 g/mol. The van der Waals surface area contributed by atoms with E-state index in [-0.39, 0.29) is 0 Å². The first kappa shape index (κ1) is 26.3. The second-order valence-electron chi connectivity index (χ2n) is 6.69. The Hall–Kier alpha value is -3.77. The predicted molar refractivity (Wildman–Crippen MR) is 102 cm³/mol. The molecule has 0 spiro atoms. The van der Waals surface area contributed by atoms with E-state index in [0.29, 0.717) is 9.80 Å². The molecule has 0 N–H and O–H groups in total. The van der Waals surface area contributed by atoms with Gasteiger partial charge in [-0.25, -0.2) is 4.79 Å². The average Bonchev–Trinajstić information content (AvgIpc) is 2.68. The smallest absolute Gasteiger partial charge is 0.333 e. The van der Waals surface area contributed by atoms with Crippen LogP contribution in [0.25, 0.3) is 0 Å². The van der Waals surface area contributed by atoms with Gasteiger partial charge in [-0.15, -0.1) is 0 Å². The zero-order valence-electron chi connectivity index (χ0n) is 18.4. The number of hydrogen-bond acceptors (Lipinski definition) is 11. The molecular formula is C19H24N2O11.